The summed E-state index contributed by atoms with van der Waals surface area (Å²) in [4.78, 5) is 39.2. The quantitative estimate of drug-likeness (QED) is 0.721. The van der Waals surface area contributed by atoms with Gasteiger partial charge in [-0.2, -0.15) is 0 Å². The molecular formula is C26H31N5O2. The van der Waals surface area contributed by atoms with E-state index in [1.54, 1.807) is 11.9 Å². The Kier molecular flexibility index (Phi) is 5.56. The third kappa shape index (κ3) is 3.75. The minimum absolute atomic E-state index is 0.161. The van der Waals surface area contributed by atoms with Crippen molar-refractivity contribution < 1.29 is 9.59 Å². The van der Waals surface area contributed by atoms with Crippen molar-refractivity contribution in [2.45, 2.75) is 51.9 Å². The van der Waals surface area contributed by atoms with Gasteiger partial charge in [-0.05, 0) is 49.4 Å². The smallest absolute Gasteiger partial charge is 0.327 e. The van der Waals surface area contributed by atoms with Crippen molar-refractivity contribution in [3.8, 4) is 0 Å². The molecule has 0 aliphatic carbocycles. The van der Waals surface area contributed by atoms with Crippen LogP contribution >= 0.6 is 0 Å². The van der Waals surface area contributed by atoms with E-state index in [-0.39, 0.29) is 18.5 Å². The van der Waals surface area contributed by atoms with E-state index in [2.05, 4.69) is 41.0 Å². The van der Waals surface area contributed by atoms with Gasteiger partial charge in [0.2, 0.25) is 5.96 Å². The van der Waals surface area contributed by atoms with Gasteiger partial charge in [-0.15, -0.1) is 0 Å². The summed E-state index contributed by atoms with van der Waals surface area (Å²) < 4.78 is 0. The van der Waals surface area contributed by atoms with Crippen LogP contribution < -0.4 is 4.90 Å². The van der Waals surface area contributed by atoms with Gasteiger partial charge in [-0.25, -0.2) is 9.79 Å². The Hall–Kier alpha value is -3.35. The molecule has 3 aliphatic rings. The van der Waals surface area contributed by atoms with Crippen LogP contribution in [0.2, 0.25) is 0 Å². The number of nitrogens with zero attached hydrogens (tertiary/aromatic N) is 5. The van der Waals surface area contributed by atoms with Crippen LogP contribution in [0.4, 0.5) is 10.5 Å². The van der Waals surface area contributed by atoms with Crippen LogP contribution in [0.1, 0.15) is 36.5 Å². The maximum atomic E-state index is 13.7. The number of urea groups is 1. The van der Waals surface area contributed by atoms with Gasteiger partial charge in [0.05, 0.1) is 6.54 Å². The van der Waals surface area contributed by atoms with Crippen molar-refractivity contribution >= 4 is 23.6 Å². The number of carbonyl (C=O) groups is 2. The first kappa shape index (κ1) is 21.5. The molecule has 0 bridgehead atoms. The first-order valence-electron chi connectivity index (χ1n) is 11.8. The Bertz CT molecular complexity index is 1100. The van der Waals surface area contributed by atoms with Crippen LogP contribution in [-0.4, -0.2) is 64.9 Å². The first-order valence-corrected chi connectivity index (χ1v) is 11.8. The molecule has 2 fully saturated rings. The molecule has 3 aliphatic heterocycles. The molecule has 0 N–H and O–H groups in total. The molecule has 0 saturated carbocycles. The number of anilines is 1. The number of likely N-dealkylation sites (N-methyl/N-ethyl adjacent to an activating group) is 1. The molecule has 2 unspecified atom stereocenters. The standard InChI is InChI=1S/C26H31N5O2/c1-4-19-10-12-21(13-11-19)29-14-5-6-15-30-22-23(27-25(29)30)28(3)26(33)31(24(22)32)17-20-9-7-8-18(2)16-20/h7-13,16,22-23H,4-6,14-15,17H2,1-3H3. The zero-order valence-electron chi connectivity index (χ0n) is 19.6. The normalized spacial score (nSPS) is 22.8. The molecule has 0 aromatic heterocycles. The van der Waals surface area contributed by atoms with Crippen LogP contribution in [0.15, 0.2) is 53.5 Å². The van der Waals surface area contributed by atoms with Crippen molar-refractivity contribution in [1.82, 2.24) is 14.7 Å². The third-order valence-electron chi connectivity index (χ3n) is 6.92. The molecule has 7 heteroatoms. The number of aryl methyl sites for hydroxylation is 2. The Balaban J connectivity index is 1.46. The molecular weight excluding hydrogens is 414 g/mol. The maximum absolute atomic E-state index is 13.7. The molecule has 3 amide bonds. The van der Waals surface area contributed by atoms with Gasteiger partial charge in [-0.3, -0.25) is 9.69 Å². The van der Waals surface area contributed by atoms with Crippen LogP contribution in [0.25, 0.3) is 0 Å². The van der Waals surface area contributed by atoms with E-state index in [1.165, 1.54) is 10.5 Å². The van der Waals surface area contributed by atoms with Gasteiger partial charge in [0.1, 0.15) is 0 Å². The molecule has 3 heterocycles. The number of imide groups is 1. The van der Waals surface area contributed by atoms with E-state index in [0.29, 0.717) is 0 Å². The van der Waals surface area contributed by atoms with Gasteiger partial charge in [-0.1, -0.05) is 48.9 Å². The topological polar surface area (TPSA) is 59.5 Å². The zero-order valence-corrected chi connectivity index (χ0v) is 19.6. The summed E-state index contributed by atoms with van der Waals surface area (Å²) in [5.74, 6) is 0.642. The molecule has 2 atom stereocenters. The highest BCUT2D eigenvalue weighted by molar-refractivity contribution is 6.07. The lowest BCUT2D eigenvalue weighted by molar-refractivity contribution is -0.138. The molecule has 0 spiro atoms. The second-order valence-corrected chi connectivity index (χ2v) is 9.17. The van der Waals surface area contributed by atoms with E-state index in [4.69, 9.17) is 4.99 Å². The van der Waals surface area contributed by atoms with E-state index in [1.807, 2.05) is 31.2 Å². The summed E-state index contributed by atoms with van der Waals surface area (Å²) in [6.07, 6.45) is 2.51. The largest absolute Gasteiger partial charge is 0.328 e. The SMILES string of the molecule is CCc1ccc(N2CCCCN3C2=NC2C3C(=O)N(Cc3cccc(C)c3)C(=O)N2C)cc1. The summed E-state index contributed by atoms with van der Waals surface area (Å²) in [6, 6.07) is 15.8. The first-order chi connectivity index (χ1) is 16.0. The van der Waals surface area contributed by atoms with Crippen molar-refractivity contribution in [3.05, 3.63) is 65.2 Å². The number of hydrogen-bond acceptors (Lipinski definition) is 5. The predicted molar refractivity (Wildman–Crippen MR) is 129 cm³/mol. The highest BCUT2D eigenvalue weighted by Gasteiger charge is 2.53. The maximum Gasteiger partial charge on any atom is 0.328 e. The fourth-order valence-electron chi connectivity index (χ4n) is 5.08. The number of carbonyl (C=O) groups excluding carboxylic acids is 2. The number of aliphatic imine (C=N–C) groups is 1. The average Bonchev–Trinajstić information content (AvgIpc) is 3.08. The summed E-state index contributed by atoms with van der Waals surface area (Å²) in [7, 11) is 1.76. The Morgan fingerprint density at radius 1 is 1.00 bits per heavy atom. The fourth-order valence-corrected chi connectivity index (χ4v) is 5.08. The molecule has 2 saturated heterocycles. The highest BCUT2D eigenvalue weighted by atomic mass is 16.2. The minimum Gasteiger partial charge on any atom is -0.327 e. The number of guanidine groups is 1. The van der Waals surface area contributed by atoms with Gasteiger partial charge in [0, 0.05) is 25.8 Å². The van der Waals surface area contributed by atoms with Crippen molar-refractivity contribution in [1.29, 1.82) is 0 Å². The molecule has 33 heavy (non-hydrogen) atoms. The summed E-state index contributed by atoms with van der Waals surface area (Å²) >= 11 is 0. The van der Waals surface area contributed by atoms with Crippen molar-refractivity contribution in [3.63, 3.8) is 0 Å². The minimum atomic E-state index is -0.496. The molecule has 2 aromatic carbocycles. The average molecular weight is 446 g/mol. The predicted octanol–water partition coefficient (Wildman–Crippen LogP) is 3.62. The second kappa shape index (κ2) is 8.54. The van der Waals surface area contributed by atoms with E-state index in [9.17, 15) is 9.59 Å². The number of benzene rings is 2. The Labute approximate surface area is 195 Å². The molecule has 5 rings (SSSR count). The number of fused-ring (bicyclic) bond motifs is 3. The molecule has 0 radical (unpaired) electrons. The Morgan fingerprint density at radius 3 is 2.48 bits per heavy atom. The number of rotatable bonds is 4. The third-order valence-corrected chi connectivity index (χ3v) is 6.92. The molecule has 2 aromatic rings. The van der Waals surface area contributed by atoms with Gasteiger partial charge < -0.3 is 14.7 Å². The highest BCUT2D eigenvalue weighted by Crippen LogP contribution is 2.33. The van der Waals surface area contributed by atoms with Crippen LogP contribution in [0.3, 0.4) is 0 Å². The Morgan fingerprint density at radius 2 is 1.76 bits per heavy atom. The van der Waals surface area contributed by atoms with Gasteiger partial charge in [0.25, 0.3) is 5.91 Å². The van der Waals surface area contributed by atoms with Crippen LogP contribution in [-0.2, 0) is 17.8 Å². The van der Waals surface area contributed by atoms with Gasteiger partial charge >= 0.3 is 6.03 Å². The number of amides is 3. The monoisotopic (exact) mass is 445 g/mol. The lowest BCUT2D eigenvalue weighted by atomic mass is 10.1. The van der Waals surface area contributed by atoms with E-state index < -0.39 is 12.2 Å². The van der Waals surface area contributed by atoms with Crippen LogP contribution in [0, 0.1) is 6.92 Å². The second-order valence-electron chi connectivity index (χ2n) is 9.17. The molecule has 172 valence electrons. The van der Waals surface area contributed by atoms with E-state index >= 15 is 0 Å². The summed E-state index contributed by atoms with van der Waals surface area (Å²) in [5, 5.41) is 0. The van der Waals surface area contributed by atoms with Crippen LogP contribution in [0.5, 0.6) is 0 Å². The zero-order chi connectivity index (χ0) is 23.1. The summed E-state index contributed by atoms with van der Waals surface area (Å²) in [6.45, 7) is 6.05. The van der Waals surface area contributed by atoms with E-state index in [0.717, 1.165) is 55.1 Å². The lowest BCUT2D eigenvalue weighted by Gasteiger charge is -2.41. The van der Waals surface area contributed by atoms with Crippen molar-refractivity contribution in [2.75, 3.05) is 25.0 Å². The fraction of sp³-hybridized carbons (Fsp3) is 0.423. The van der Waals surface area contributed by atoms with Crippen molar-refractivity contribution in [2.24, 2.45) is 4.99 Å². The lowest BCUT2D eigenvalue weighted by Crippen LogP contribution is -2.65. The summed E-state index contributed by atoms with van der Waals surface area (Å²) in [5.41, 5.74) is 4.44. The van der Waals surface area contributed by atoms with Gasteiger partial charge in [0.15, 0.2) is 12.2 Å². The molecule has 7 nitrogen and oxygen atoms in total. The number of hydrogen-bond donors (Lipinski definition) is 0.